The van der Waals surface area contributed by atoms with E-state index < -0.39 is 95.8 Å². The first-order valence-electron chi connectivity index (χ1n) is 22.5. The lowest BCUT2D eigenvalue weighted by atomic mass is 10.00. The van der Waals surface area contributed by atoms with Crippen LogP contribution in [0.3, 0.4) is 0 Å². The van der Waals surface area contributed by atoms with Gasteiger partial charge in [0.2, 0.25) is 47.2 Å². The zero-order valence-electron chi connectivity index (χ0n) is 40.6. The molecule has 21 heteroatoms. The van der Waals surface area contributed by atoms with Crippen LogP contribution in [0.2, 0.25) is 0 Å². The number of hydrogen-bond donors (Lipinski definition) is 8. The van der Waals surface area contributed by atoms with Crippen molar-refractivity contribution in [3.63, 3.8) is 0 Å². The number of ether oxygens (including phenoxy) is 4. The van der Waals surface area contributed by atoms with Crippen molar-refractivity contribution in [3.05, 3.63) is 18.2 Å². The minimum atomic E-state index is -1.38. The van der Waals surface area contributed by atoms with Gasteiger partial charge in [-0.1, -0.05) is 61.5 Å². The second kappa shape index (κ2) is 29.9. The molecular weight excluding hydrogens is 863 g/mol. The summed E-state index contributed by atoms with van der Waals surface area (Å²) >= 11 is 0. The van der Waals surface area contributed by atoms with Gasteiger partial charge in [-0.15, -0.1) is 0 Å². The van der Waals surface area contributed by atoms with Gasteiger partial charge < -0.3 is 61.1 Å². The number of carbonyl (C=O) groups excluding carboxylic acids is 8. The van der Waals surface area contributed by atoms with Crippen molar-refractivity contribution in [2.75, 3.05) is 27.4 Å². The summed E-state index contributed by atoms with van der Waals surface area (Å²) in [7, 11) is 2.42. The van der Waals surface area contributed by atoms with E-state index in [9.17, 15) is 48.6 Å². The summed E-state index contributed by atoms with van der Waals surface area (Å²) in [5.41, 5.74) is 0. The molecule has 6 unspecified atom stereocenters. The highest BCUT2D eigenvalue weighted by Gasteiger charge is 2.35. The highest BCUT2D eigenvalue weighted by atomic mass is 16.5. The summed E-state index contributed by atoms with van der Waals surface area (Å²) in [5, 5.41) is 36.2. The van der Waals surface area contributed by atoms with Crippen LogP contribution in [0.1, 0.15) is 108 Å². The van der Waals surface area contributed by atoms with E-state index in [1.807, 2.05) is 27.7 Å². The lowest BCUT2D eigenvalue weighted by molar-refractivity contribution is -0.147. The molecule has 0 aliphatic rings. The quantitative estimate of drug-likeness (QED) is 0.0391. The van der Waals surface area contributed by atoms with Gasteiger partial charge in [0.25, 0.3) is 0 Å². The van der Waals surface area contributed by atoms with E-state index in [1.165, 1.54) is 28.1 Å². The molecule has 0 saturated heterocycles. The van der Waals surface area contributed by atoms with Gasteiger partial charge in [-0.2, -0.15) is 4.98 Å². The maximum absolute atomic E-state index is 13.3. The molecule has 0 bridgehead atoms. The Balaban J connectivity index is 2.71. The fourth-order valence-electron chi connectivity index (χ4n) is 6.36. The van der Waals surface area contributed by atoms with Gasteiger partial charge in [0.15, 0.2) is 0 Å². The third-order valence-corrected chi connectivity index (χ3v) is 9.98. The minimum absolute atomic E-state index is 0.0323. The predicted molar refractivity (Wildman–Crippen MR) is 241 cm³/mol. The summed E-state index contributed by atoms with van der Waals surface area (Å²) in [6.45, 7) is 17.1. The Hall–Kier alpha value is -5.57. The Bertz CT molecular complexity index is 1620. The number of aliphatic hydroxyl groups excluding tert-OH is 2. The van der Waals surface area contributed by atoms with Crippen molar-refractivity contribution in [1.29, 1.82) is 0 Å². The number of nitrogens with one attached hydrogen (secondary N) is 6. The normalized spacial score (nSPS) is 14.9. The summed E-state index contributed by atoms with van der Waals surface area (Å²) in [5.74, 6) is -5.43. The van der Waals surface area contributed by atoms with Gasteiger partial charge in [-0.25, -0.2) is 9.59 Å². The first-order chi connectivity index (χ1) is 30.9. The van der Waals surface area contributed by atoms with E-state index in [4.69, 9.17) is 18.9 Å². The minimum Gasteiger partial charge on any atom is -0.478 e. The average molecular weight is 938 g/mol. The van der Waals surface area contributed by atoms with E-state index in [0.29, 0.717) is 0 Å². The zero-order valence-corrected chi connectivity index (χ0v) is 40.6. The first-order valence-corrected chi connectivity index (χ1v) is 22.5. The van der Waals surface area contributed by atoms with Crippen LogP contribution >= 0.6 is 0 Å². The SMILES string of the molecule is COC(=O)[C@@H](NC(=O)C(CC(C)C)NC(=O)C(NC(=O)CCCOc1cccc(OCCCC(=O)NC(C(=O)NC(CC(C)C)C(=O)N[C@H](C(=O)OC)C(C)C)C(C)O)n1)C(C)O)C(C)C. The standard InChI is InChI=1S/C45H75N7O14/c1-24(2)22-30(40(57)51-36(26(5)6)44(61)63-11)46-42(59)38(28(9)53)48-32(55)16-14-20-65-34-18-13-19-35(50-34)66-21-15-17-33(56)49-39(29(10)54)43(60)47-31(23-25(3)4)41(58)52-37(27(7)8)45(62)64-12/h13,18-19,24-31,36-39,53-54H,14-17,20-23H2,1-12H3,(H,46,59)(H,47,60)(H,48,55)(H,49,56)(H,51,57)(H,52,58)/t28?,29?,30?,31?,36-,37-,38?,39?/m0/s1. The number of carbonyl (C=O) groups is 8. The second-order valence-electron chi connectivity index (χ2n) is 17.7. The molecule has 0 saturated carbocycles. The summed E-state index contributed by atoms with van der Waals surface area (Å²) in [6.07, 6.45) is -1.94. The molecule has 0 radical (unpaired) electrons. The molecule has 1 rings (SSSR count). The van der Waals surface area contributed by atoms with Gasteiger partial charge in [-0.3, -0.25) is 28.8 Å². The number of aliphatic hydroxyl groups is 2. The van der Waals surface area contributed by atoms with Crippen LogP contribution in [0, 0.1) is 23.7 Å². The lowest BCUT2D eigenvalue weighted by Gasteiger charge is -2.27. The van der Waals surface area contributed by atoms with E-state index in [-0.39, 0.29) is 87.2 Å². The Morgan fingerprint density at radius 1 is 0.515 bits per heavy atom. The number of rotatable bonds is 30. The Morgan fingerprint density at radius 2 is 0.864 bits per heavy atom. The van der Waals surface area contributed by atoms with Crippen LogP contribution in [0.4, 0.5) is 0 Å². The van der Waals surface area contributed by atoms with E-state index in [2.05, 4.69) is 36.9 Å². The van der Waals surface area contributed by atoms with Crippen LogP contribution in [0.15, 0.2) is 18.2 Å². The number of esters is 2. The third kappa shape index (κ3) is 21.6. The van der Waals surface area contributed by atoms with E-state index in [0.717, 1.165) is 0 Å². The van der Waals surface area contributed by atoms with Crippen LogP contribution < -0.4 is 41.4 Å². The summed E-state index contributed by atoms with van der Waals surface area (Å²) < 4.78 is 21.0. The molecule has 0 fully saturated rings. The number of amides is 6. The first kappa shape index (κ1) is 58.4. The molecule has 0 spiro atoms. The molecule has 6 amide bonds. The van der Waals surface area contributed by atoms with Crippen LogP contribution in [-0.2, 0) is 47.8 Å². The monoisotopic (exact) mass is 938 g/mol. The van der Waals surface area contributed by atoms with Gasteiger partial charge in [0.05, 0.1) is 39.6 Å². The molecule has 1 aromatic rings. The largest absolute Gasteiger partial charge is 0.478 e. The Morgan fingerprint density at radius 3 is 1.15 bits per heavy atom. The molecule has 1 heterocycles. The summed E-state index contributed by atoms with van der Waals surface area (Å²) in [6, 6.07) is -1.99. The molecule has 374 valence electrons. The van der Waals surface area contributed by atoms with Crippen molar-refractivity contribution in [1.82, 2.24) is 36.9 Å². The van der Waals surface area contributed by atoms with Crippen LogP contribution in [0.5, 0.6) is 11.8 Å². The van der Waals surface area contributed by atoms with Crippen molar-refractivity contribution >= 4 is 47.4 Å². The van der Waals surface area contributed by atoms with Gasteiger partial charge >= 0.3 is 11.9 Å². The Kier molecular flexibility index (Phi) is 26.4. The molecule has 0 aliphatic carbocycles. The van der Waals surface area contributed by atoms with Crippen LogP contribution in [-0.4, -0.2) is 138 Å². The number of hydrogen-bond acceptors (Lipinski definition) is 15. The van der Waals surface area contributed by atoms with Gasteiger partial charge in [-0.05, 0) is 63.2 Å². The number of methoxy groups -OCH3 is 2. The maximum atomic E-state index is 13.3. The molecule has 8 N–H and O–H groups in total. The lowest BCUT2D eigenvalue weighted by Crippen LogP contribution is -2.59. The molecule has 0 aromatic carbocycles. The van der Waals surface area contributed by atoms with Crippen molar-refractivity contribution in [3.8, 4) is 11.8 Å². The molecule has 21 nitrogen and oxygen atoms in total. The van der Waals surface area contributed by atoms with Crippen LogP contribution in [0.25, 0.3) is 0 Å². The third-order valence-electron chi connectivity index (χ3n) is 9.98. The topological polar surface area (TPSA) is 299 Å². The Labute approximate surface area is 388 Å². The molecule has 66 heavy (non-hydrogen) atoms. The molecule has 0 aliphatic heterocycles. The van der Waals surface area contributed by atoms with E-state index >= 15 is 0 Å². The van der Waals surface area contributed by atoms with Gasteiger partial charge in [0, 0.05) is 25.0 Å². The zero-order chi connectivity index (χ0) is 50.3. The molecule has 1 aromatic heterocycles. The highest BCUT2D eigenvalue weighted by molar-refractivity contribution is 5.95. The number of pyridine rings is 1. The van der Waals surface area contributed by atoms with Crippen molar-refractivity contribution < 1.29 is 67.5 Å². The predicted octanol–water partition coefficient (Wildman–Crippen LogP) is 0.820. The van der Waals surface area contributed by atoms with Gasteiger partial charge in [0.1, 0.15) is 36.3 Å². The summed E-state index contributed by atoms with van der Waals surface area (Å²) in [4.78, 5) is 107. The fraction of sp³-hybridized carbons (Fsp3) is 0.711. The highest BCUT2D eigenvalue weighted by Crippen LogP contribution is 2.15. The molecule has 8 atom stereocenters. The number of nitrogens with zero attached hydrogens (tertiary/aromatic N) is 1. The molecular formula is C45H75N7O14. The smallest absolute Gasteiger partial charge is 0.328 e. The maximum Gasteiger partial charge on any atom is 0.328 e. The average Bonchev–Trinajstić information content (AvgIpc) is 3.23. The van der Waals surface area contributed by atoms with Crippen molar-refractivity contribution in [2.45, 2.75) is 156 Å². The van der Waals surface area contributed by atoms with E-state index in [1.54, 1.807) is 45.9 Å². The fourth-order valence-corrected chi connectivity index (χ4v) is 6.36. The number of aromatic nitrogens is 1. The second-order valence-corrected chi connectivity index (χ2v) is 17.7. The van der Waals surface area contributed by atoms with Crippen molar-refractivity contribution in [2.24, 2.45) is 23.7 Å².